The highest BCUT2D eigenvalue weighted by atomic mass is 16.3. The SMILES string of the molecule is Cc1cc(C(NN)C2CC2c2ccccc2)c(C)o1. The normalized spacial score (nSPS) is 23.3. The Kier molecular flexibility index (Phi) is 3.17. The summed E-state index contributed by atoms with van der Waals surface area (Å²) < 4.78 is 5.62. The average Bonchev–Trinajstić information content (AvgIpc) is 3.12. The van der Waals surface area contributed by atoms with Gasteiger partial charge in [0, 0.05) is 5.56 Å². The van der Waals surface area contributed by atoms with Gasteiger partial charge < -0.3 is 4.42 Å². The van der Waals surface area contributed by atoms with Gasteiger partial charge in [-0.15, -0.1) is 0 Å². The molecule has 3 N–H and O–H groups in total. The van der Waals surface area contributed by atoms with E-state index in [2.05, 4.69) is 41.8 Å². The second-order valence-electron chi connectivity index (χ2n) is 5.43. The molecule has 1 saturated carbocycles. The lowest BCUT2D eigenvalue weighted by molar-refractivity contribution is 0.459. The third-order valence-corrected chi connectivity index (χ3v) is 4.09. The first-order valence-corrected chi connectivity index (χ1v) is 6.78. The van der Waals surface area contributed by atoms with E-state index in [4.69, 9.17) is 10.3 Å². The van der Waals surface area contributed by atoms with Gasteiger partial charge in [-0.3, -0.25) is 11.3 Å². The number of furan rings is 1. The first-order chi connectivity index (χ1) is 9.20. The van der Waals surface area contributed by atoms with Crippen LogP contribution in [0.4, 0.5) is 0 Å². The van der Waals surface area contributed by atoms with Crippen LogP contribution in [0.3, 0.4) is 0 Å². The molecule has 1 aliphatic rings. The van der Waals surface area contributed by atoms with Gasteiger partial charge in [-0.1, -0.05) is 30.3 Å². The average molecular weight is 256 g/mol. The third-order valence-electron chi connectivity index (χ3n) is 4.09. The minimum atomic E-state index is 0.183. The van der Waals surface area contributed by atoms with Crippen molar-refractivity contribution in [3.8, 4) is 0 Å². The first kappa shape index (κ1) is 12.5. The van der Waals surface area contributed by atoms with E-state index in [0.29, 0.717) is 11.8 Å². The molecule has 1 fully saturated rings. The zero-order valence-corrected chi connectivity index (χ0v) is 11.4. The van der Waals surface area contributed by atoms with Crippen LogP contribution < -0.4 is 11.3 Å². The molecule has 2 aromatic rings. The summed E-state index contributed by atoms with van der Waals surface area (Å²) in [5.74, 6) is 8.86. The van der Waals surface area contributed by atoms with E-state index < -0.39 is 0 Å². The molecule has 100 valence electrons. The molecular formula is C16H20N2O. The largest absolute Gasteiger partial charge is 0.466 e. The van der Waals surface area contributed by atoms with Crippen LogP contribution in [0.25, 0.3) is 0 Å². The molecule has 1 aliphatic carbocycles. The highest BCUT2D eigenvalue weighted by molar-refractivity contribution is 5.32. The second kappa shape index (κ2) is 4.83. The molecule has 0 aliphatic heterocycles. The van der Waals surface area contributed by atoms with Gasteiger partial charge in [-0.2, -0.15) is 0 Å². The molecule has 1 heterocycles. The lowest BCUT2D eigenvalue weighted by atomic mass is 9.99. The summed E-state index contributed by atoms with van der Waals surface area (Å²) in [5.41, 5.74) is 5.58. The standard InChI is InChI=1S/C16H20N2O/c1-10-8-13(11(2)19-10)16(18-17)15-9-14(15)12-6-4-3-5-7-12/h3-8,14-16,18H,9,17H2,1-2H3. The molecule has 0 amide bonds. The molecule has 3 heteroatoms. The van der Waals surface area contributed by atoms with Crippen LogP contribution >= 0.6 is 0 Å². The Balaban J connectivity index is 1.81. The number of hydrogen-bond donors (Lipinski definition) is 2. The number of rotatable bonds is 4. The third kappa shape index (κ3) is 2.31. The zero-order valence-electron chi connectivity index (χ0n) is 11.4. The molecular weight excluding hydrogens is 236 g/mol. The Hall–Kier alpha value is -1.58. The molecule has 1 aromatic carbocycles. The summed E-state index contributed by atoms with van der Waals surface area (Å²) in [6.07, 6.45) is 1.18. The molecule has 0 radical (unpaired) electrons. The number of hydrazine groups is 1. The van der Waals surface area contributed by atoms with Crippen LogP contribution in [0.5, 0.6) is 0 Å². The van der Waals surface area contributed by atoms with Crippen molar-refractivity contribution in [2.45, 2.75) is 32.2 Å². The van der Waals surface area contributed by atoms with Gasteiger partial charge in [-0.25, -0.2) is 0 Å². The topological polar surface area (TPSA) is 51.2 Å². The van der Waals surface area contributed by atoms with E-state index >= 15 is 0 Å². The first-order valence-electron chi connectivity index (χ1n) is 6.78. The zero-order chi connectivity index (χ0) is 13.4. The summed E-state index contributed by atoms with van der Waals surface area (Å²) >= 11 is 0. The summed E-state index contributed by atoms with van der Waals surface area (Å²) in [7, 11) is 0. The smallest absolute Gasteiger partial charge is 0.105 e. The molecule has 3 atom stereocenters. The summed E-state index contributed by atoms with van der Waals surface area (Å²) in [5, 5.41) is 0. The van der Waals surface area contributed by atoms with Crippen LogP contribution in [0.2, 0.25) is 0 Å². The van der Waals surface area contributed by atoms with Crippen molar-refractivity contribution in [3.05, 3.63) is 59.0 Å². The van der Waals surface area contributed by atoms with Gasteiger partial charge in [0.05, 0.1) is 6.04 Å². The summed E-state index contributed by atoms with van der Waals surface area (Å²) in [4.78, 5) is 0. The van der Waals surface area contributed by atoms with E-state index in [-0.39, 0.29) is 6.04 Å². The molecule has 3 unspecified atom stereocenters. The van der Waals surface area contributed by atoms with Crippen LogP contribution in [-0.2, 0) is 0 Å². The summed E-state index contributed by atoms with van der Waals surface area (Å²) in [6.45, 7) is 3.98. The lowest BCUT2D eigenvalue weighted by Crippen LogP contribution is -2.30. The van der Waals surface area contributed by atoms with Crippen molar-refractivity contribution in [3.63, 3.8) is 0 Å². The number of nitrogens with one attached hydrogen (secondary N) is 1. The highest BCUT2D eigenvalue weighted by Gasteiger charge is 2.44. The van der Waals surface area contributed by atoms with E-state index in [1.807, 2.05) is 13.8 Å². The fraction of sp³-hybridized carbons (Fsp3) is 0.375. The van der Waals surface area contributed by atoms with Crippen LogP contribution in [0, 0.1) is 19.8 Å². The van der Waals surface area contributed by atoms with Gasteiger partial charge in [-0.05, 0) is 43.7 Å². The van der Waals surface area contributed by atoms with Gasteiger partial charge in [0.2, 0.25) is 0 Å². The highest BCUT2D eigenvalue weighted by Crippen LogP contribution is 2.54. The maximum atomic E-state index is 5.77. The Morgan fingerprint density at radius 1 is 1.26 bits per heavy atom. The Morgan fingerprint density at radius 3 is 2.58 bits per heavy atom. The maximum absolute atomic E-state index is 5.77. The number of nitrogens with two attached hydrogens (primary N) is 1. The second-order valence-corrected chi connectivity index (χ2v) is 5.43. The van der Waals surface area contributed by atoms with Gasteiger partial charge in [0.25, 0.3) is 0 Å². The minimum absolute atomic E-state index is 0.183. The van der Waals surface area contributed by atoms with Crippen molar-refractivity contribution >= 4 is 0 Å². The van der Waals surface area contributed by atoms with Crippen LogP contribution in [0.15, 0.2) is 40.8 Å². The minimum Gasteiger partial charge on any atom is -0.466 e. The van der Waals surface area contributed by atoms with E-state index in [0.717, 1.165) is 11.5 Å². The molecule has 3 nitrogen and oxygen atoms in total. The van der Waals surface area contributed by atoms with Crippen molar-refractivity contribution in [2.24, 2.45) is 11.8 Å². The van der Waals surface area contributed by atoms with Crippen LogP contribution in [-0.4, -0.2) is 0 Å². The molecule has 1 aromatic heterocycles. The monoisotopic (exact) mass is 256 g/mol. The van der Waals surface area contributed by atoms with Gasteiger partial charge in [0.15, 0.2) is 0 Å². The number of aryl methyl sites for hydroxylation is 2. The molecule has 3 rings (SSSR count). The van der Waals surface area contributed by atoms with Crippen molar-refractivity contribution in [1.29, 1.82) is 0 Å². The van der Waals surface area contributed by atoms with Crippen molar-refractivity contribution < 1.29 is 4.42 Å². The fourth-order valence-electron chi connectivity index (χ4n) is 3.07. The van der Waals surface area contributed by atoms with Crippen molar-refractivity contribution in [2.75, 3.05) is 0 Å². The molecule has 0 spiro atoms. The van der Waals surface area contributed by atoms with Crippen LogP contribution in [0.1, 0.15) is 41.0 Å². The number of hydrogen-bond acceptors (Lipinski definition) is 3. The number of benzene rings is 1. The fourth-order valence-corrected chi connectivity index (χ4v) is 3.07. The molecule has 0 bridgehead atoms. The maximum Gasteiger partial charge on any atom is 0.105 e. The molecule has 19 heavy (non-hydrogen) atoms. The van der Waals surface area contributed by atoms with E-state index in [1.165, 1.54) is 17.5 Å². The van der Waals surface area contributed by atoms with E-state index in [1.54, 1.807) is 0 Å². The van der Waals surface area contributed by atoms with E-state index in [9.17, 15) is 0 Å². The summed E-state index contributed by atoms with van der Waals surface area (Å²) in [6, 6.07) is 12.9. The lowest BCUT2D eigenvalue weighted by Gasteiger charge is -2.15. The Morgan fingerprint density at radius 2 is 2.00 bits per heavy atom. The van der Waals surface area contributed by atoms with Gasteiger partial charge >= 0.3 is 0 Å². The van der Waals surface area contributed by atoms with Crippen molar-refractivity contribution in [1.82, 2.24) is 5.43 Å². The quantitative estimate of drug-likeness (QED) is 0.652. The Bertz CT molecular complexity index is 561. The predicted octanol–water partition coefficient (Wildman–Crippen LogP) is 3.20. The Labute approximate surface area is 113 Å². The van der Waals surface area contributed by atoms with Gasteiger partial charge in [0.1, 0.15) is 11.5 Å². The predicted molar refractivity (Wildman–Crippen MR) is 75.5 cm³/mol. The molecule has 0 saturated heterocycles.